The predicted molar refractivity (Wildman–Crippen MR) is 121 cm³/mol. The summed E-state index contributed by atoms with van der Waals surface area (Å²) in [6.07, 6.45) is 2.65. The van der Waals surface area contributed by atoms with Gasteiger partial charge in [-0.3, -0.25) is 4.79 Å². The number of rotatable bonds is 6. The summed E-state index contributed by atoms with van der Waals surface area (Å²) < 4.78 is 15.0. The number of benzene rings is 2. The Kier molecular flexibility index (Phi) is 5.80. The standard InChI is InChI=1S/C25H25FN4O/c1-16(2)12-13-27-25(31)21-14-24(29-23-7-5-4-6-20(21)23)22-15-28-30(17(22)3)19-10-8-18(26)9-11-19/h4-11,14-16H,12-13H2,1-3H3,(H,27,31). The van der Waals surface area contributed by atoms with Crippen molar-refractivity contribution < 1.29 is 9.18 Å². The van der Waals surface area contributed by atoms with Gasteiger partial charge < -0.3 is 5.32 Å². The predicted octanol–water partition coefficient (Wildman–Crippen LogP) is 5.31. The van der Waals surface area contributed by atoms with Crippen LogP contribution in [0.3, 0.4) is 0 Å². The first-order chi connectivity index (χ1) is 14.9. The van der Waals surface area contributed by atoms with Crippen LogP contribution in [0.1, 0.15) is 36.3 Å². The van der Waals surface area contributed by atoms with Crippen molar-refractivity contribution in [3.63, 3.8) is 0 Å². The number of aromatic nitrogens is 3. The Morgan fingerprint density at radius 3 is 2.61 bits per heavy atom. The van der Waals surface area contributed by atoms with Crippen LogP contribution in [-0.4, -0.2) is 27.2 Å². The highest BCUT2D eigenvalue weighted by molar-refractivity contribution is 6.07. The first-order valence-electron chi connectivity index (χ1n) is 10.4. The molecule has 1 N–H and O–H groups in total. The van der Waals surface area contributed by atoms with Crippen LogP contribution >= 0.6 is 0 Å². The van der Waals surface area contributed by atoms with E-state index in [4.69, 9.17) is 4.98 Å². The van der Waals surface area contributed by atoms with Crippen molar-refractivity contribution in [2.45, 2.75) is 27.2 Å². The highest BCUT2D eigenvalue weighted by atomic mass is 19.1. The van der Waals surface area contributed by atoms with E-state index in [1.807, 2.05) is 37.3 Å². The largest absolute Gasteiger partial charge is 0.352 e. The van der Waals surface area contributed by atoms with Gasteiger partial charge in [-0.05, 0) is 55.7 Å². The maximum atomic E-state index is 13.3. The molecular weight excluding hydrogens is 391 g/mol. The van der Waals surface area contributed by atoms with Crippen LogP contribution in [-0.2, 0) is 0 Å². The number of halogens is 1. The normalized spacial score (nSPS) is 11.3. The van der Waals surface area contributed by atoms with Gasteiger partial charge in [0, 0.05) is 17.5 Å². The molecular formula is C25H25FN4O. The third-order valence-corrected chi connectivity index (χ3v) is 5.32. The number of amides is 1. The molecule has 0 aliphatic rings. The fourth-order valence-electron chi connectivity index (χ4n) is 3.57. The van der Waals surface area contributed by atoms with E-state index in [-0.39, 0.29) is 11.7 Å². The van der Waals surface area contributed by atoms with E-state index < -0.39 is 0 Å². The lowest BCUT2D eigenvalue weighted by atomic mass is 10.0. The van der Waals surface area contributed by atoms with Gasteiger partial charge in [0.2, 0.25) is 0 Å². The second-order valence-electron chi connectivity index (χ2n) is 8.04. The number of hydrogen-bond donors (Lipinski definition) is 1. The third kappa shape index (κ3) is 4.33. The summed E-state index contributed by atoms with van der Waals surface area (Å²) in [7, 11) is 0. The Hall–Kier alpha value is -3.54. The Labute approximate surface area is 180 Å². The van der Waals surface area contributed by atoms with Crippen LogP contribution in [0, 0.1) is 18.7 Å². The Morgan fingerprint density at radius 2 is 1.87 bits per heavy atom. The lowest BCUT2D eigenvalue weighted by molar-refractivity contribution is 0.0953. The molecule has 31 heavy (non-hydrogen) atoms. The zero-order valence-corrected chi connectivity index (χ0v) is 17.9. The summed E-state index contributed by atoms with van der Waals surface area (Å²) in [5, 5.41) is 8.31. The summed E-state index contributed by atoms with van der Waals surface area (Å²) in [5.41, 5.74) is 4.48. The van der Waals surface area contributed by atoms with Gasteiger partial charge in [-0.2, -0.15) is 5.10 Å². The summed E-state index contributed by atoms with van der Waals surface area (Å²) in [5.74, 6) is 0.118. The molecule has 0 atom stereocenters. The highest BCUT2D eigenvalue weighted by Crippen LogP contribution is 2.28. The van der Waals surface area contributed by atoms with Crippen LogP contribution in [0.15, 0.2) is 60.8 Å². The summed E-state index contributed by atoms with van der Waals surface area (Å²) in [6, 6.07) is 15.6. The summed E-state index contributed by atoms with van der Waals surface area (Å²) in [4.78, 5) is 17.8. The van der Waals surface area contributed by atoms with Crippen molar-refractivity contribution in [2.75, 3.05) is 6.54 Å². The molecule has 0 saturated heterocycles. The molecule has 0 bridgehead atoms. The second-order valence-corrected chi connectivity index (χ2v) is 8.04. The van der Waals surface area contributed by atoms with Crippen molar-refractivity contribution in [2.24, 2.45) is 5.92 Å². The van der Waals surface area contributed by atoms with Gasteiger partial charge in [0.1, 0.15) is 5.82 Å². The van der Waals surface area contributed by atoms with Gasteiger partial charge in [0.25, 0.3) is 5.91 Å². The zero-order chi connectivity index (χ0) is 22.0. The van der Waals surface area contributed by atoms with Crippen molar-refractivity contribution in [1.29, 1.82) is 0 Å². The molecule has 2 aromatic heterocycles. The molecule has 2 aromatic carbocycles. The Bertz CT molecular complexity index is 1230. The maximum absolute atomic E-state index is 13.3. The van der Waals surface area contributed by atoms with Crippen molar-refractivity contribution in [3.8, 4) is 16.9 Å². The number of carbonyl (C=O) groups excluding carboxylic acids is 1. The van der Waals surface area contributed by atoms with E-state index in [1.54, 1.807) is 23.0 Å². The van der Waals surface area contributed by atoms with Gasteiger partial charge in [0.05, 0.1) is 34.4 Å². The van der Waals surface area contributed by atoms with Crippen LogP contribution in [0.25, 0.3) is 27.8 Å². The van der Waals surface area contributed by atoms with E-state index in [0.717, 1.165) is 34.3 Å². The molecule has 4 aromatic rings. The molecule has 0 spiro atoms. The number of nitrogens with one attached hydrogen (secondary N) is 1. The molecule has 0 radical (unpaired) electrons. The smallest absolute Gasteiger partial charge is 0.252 e. The van der Waals surface area contributed by atoms with Crippen LogP contribution < -0.4 is 5.32 Å². The van der Waals surface area contributed by atoms with E-state index in [1.165, 1.54) is 12.1 Å². The van der Waals surface area contributed by atoms with Crippen molar-refractivity contribution in [3.05, 3.63) is 77.9 Å². The van der Waals surface area contributed by atoms with Gasteiger partial charge in [-0.1, -0.05) is 32.0 Å². The second kappa shape index (κ2) is 8.68. The van der Waals surface area contributed by atoms with E-state index in [2.05, 4.69) is 24.3 Å². The number of fused-ring (bicyclic) bond motifs is 1. The minimum atomic E-state index is -0.293. The van der Waals surface area contributed by atoms with E-state index >= 15 is 0 Å². The number of carbonyl (C=O) groups is 1. The van der Waals surface area contributed by atoms with Crippen molar-refractivity contribution in [1.82, 2.24) is 20.1 Å². The van der Waals surface area contributed by atoms with Crippen LogP contribution in [0.4, 0.5) is 4.39 Å². The van der Waals surface area contributed by atoms with E-state index in [0.29, 0.717) is 23.7 Å². The average Bonchev–Trinajstić information content (AvgIpc) is 3.14. The first kappa shape index (κ1) is 20.7. The average molecular weight is 417 g/mol. The van der Waals surface area contributed by atoms with Gasteiger partial charge >= 0.3 is 0 Å². The molecule has 0 fully saturated rings. The third-order valence-electron chi connectivity index (χ3n) is 5.32. The SMILES string of the molecule is Cc1c(-c2cc(C(=O)NCCC(C)C)c3ccccc3n2)cnn1-c1ccc(F)cc1. The molecule has 0 unspecified atom stereocenters. The van der Waals surface area contributed by atoms with Gasteiger partial charge in [0.15, 0.2) is 0 Å². The zero-order valence-electron chi connectivity index (χ0n) is 17.9. The molecule has 158 valence electrons. The molecule has 0 aliphatic heterocycles. The van der Waals surface area contributed by atoms with Gasteiger partial charge in [-0.15, -0.1) is 0 Å². The molecule has 4 rings (SSSR count). The minimum absolute atomic E-state index is 0.107. The Morgan fingerprint density at radius 1 is 1.13 bits per heavy atom. The monoisotopic (exact) mass is 416 g/mol. The summed E-state index contributed by atoms with van der Waals surface area (Å²) >= 11 is 0. The number of pyridine rings is 1. The number of hydrogen-bond acceptors (Lipinski definition) is 3. The number of nitrogens with zero attached hydrogens (tertiary/aromatic N) is 3. The molecule has 1 amide bonds. The molecule has 5 nitrogen and oxygen atoms in total. The highest BCUT2D eigenvalue weighted by Gasteiger charge is 2.17. The van der Waals surface area contributed by atoms with Crippen LogP contribution in [0.5, 0.6) is 0 Å². The minimum Gasteiger partial charge on any atom is -0.352 e. The summed E-state index contributed by atoms with van der Waals surface area (Å²) in [6.45, 7) is 6.83. The lowest BCUT2D eigenvalue weighted by Crippen LogP contribution is -2.25. The first-order valence-corrected chi connectivity index (χ1v) is 10.4. The quantitative estimate of drug-likeness (QED) is 0.463. The molecule has 2 heterocycles. The molecule has 0 saturated carbocycles. The van der Waals surface area contributed by atoms with E-state index in [9.17, 15) is 9.18 Å². The molecule has 6 heteroatoms. The van der Waals surface area contributed by atoms with Gasteiger partial charge in [-0.25, -0.2) is 14.1 Å². The maximum Gasteiger partial charge on any atom is 0.252 e. The molecule has 0 aliphatic carbocycles. The fourth-order valence-corrected chi connectivity index (χ4v) is 3.57. The fraction of sp³-hybridized carbons (Fsp3) is 0.240. The lowest BCUT2D eigenvalue weighted by Gasteiger charge is -2.11. The topological polar surface area (TPSA) is 59.8 Å². The van der Waals surface area contributed by atoms with Crippen LogP contribution in [0.2, 0.25) is 0 Å². The van der Waals surface area contributed by atoms with Crippen molar-refractivity contribution >= 4 is 16.8 Å². The number of para-hydroxylation sites is 1. The Balaban J connectivity index is 1.75.